The molecule has 0 unspecified atom stereocenters. The predicted molar refractivity (Wildman–Crippen MR) is 56.6 cm³/mol. The zero-order valence-electron chi connectivity index (χ0n) is 7.88. The van der Waals surface area contributed by atoms with Gasteiger partial charge in [-0.1, -0.05) is 15.9 Å². The van der Waals surface area contributed by atoms with Gasteiger partial charge in [-0.15, -0.1) is 0 Å². The first kappa shape index (κ1) is 9.65. The summed E-state index contributed by atoms with van der Waals surface area (Å²) in [5.74, 6) is 2.24. The van der Waals surface area contributed by atoms with Crippen LogP contribution in [0.1, 0.15) is 5.56 Å². The van der Waals surface area contributed by atoms with Crippen molar-refractivity contribution in [1.29, 1.82) is 0 Å². The molecule has 0 aliphatic carbocycles. The number of ether oxygens (including phenoxy) is 3. The second-order valence-corrected chi connectivity index (χ2v) is 3.76. The van der Waals surface area contributed by atoms with Crippen molar-refractivity contribution < 1.29 is 14.2 Å². The predicted octanol–water partition coefficient (Wildman–Crippen LogP) is 2.36. The molecule has 0 radical (unpaired) electrons. The van der Waals surface area contributed by atoms with Gasteiger partial charge in [0.2, 0.25) is 12.5 Å². The lowest BCUT2D eigenvalue weighted by Crippen LogP contribution is -1.93. The third kappa shape index (κ3) is 1.66. The minimum atomic E-state index is 0.281. The number of halogens is 1. The van der Waals surface area contributed by atoms with E-state index < -0.39 is 0 Å². The highest BCUT2D eigenvalue weighted by molar-refractivity contribution is 9.09. The van der Waals surface area contributed by atoms with E-state index in [9.17, 15) is 0 Å². The van der Waals surface area contributed by atoms with Gasteiger partial charge in [0.15, 0.2) is 11.5 Å². The average molecular weight is 259 g/mol. The number of hydrogen-bond acceptors (Lipinski definition) is 3. The summed E-state index contributed by atoms with van der Waals surface area (Å²) >= 11 is 3.40. The van der Waals surface area contributed by atoms with Crippen LogP contribution in [0.3, 0.4) is 0 Å². The number of rotatable bonds is 3. The van der Waals surface area contributed by atoms with Crippen molar-refractivity contribution in [2.75, 3.05) is 19.2 Å². The van der Waals surface area contributed by atoms with E-state index in [1.54, 1.807) is 7.11 Å². The van der Waals surface area contributed by atoms with E-state index >= 15 is 0 Å². The molecule has 0 amide bonds. The Bertz CT molecular complexity index is 338. The Morgan fingerprint density at radius 2 is 2.29 bits per heavy atom. The van der Waals surface area contributed by atoms with Crippen LogP contribution in [-0.4, -0.2) is 19.2 Å². The minimum absolute atomic E-state index is 0.281. The summed E-state index contributed by atoms with van der Waals surface area (Å²) in [6, 6.07) is 3.97. The van der Waals surface area contributed by atoms with E-state index in [1.807, 2.05) is 12.1 Å². The fourth-order valence-corrected chi connectivity index (χ4v) is 1.90. The third-order valence-corrected chi connectivity index (χ3v) is 2.50. The summed E-state index contributed by atoms with van der Waals surface area (Å²) in [6.07, 6.45) is 0.951. The number of methoxy groups -OCH3 is 1. The van der Waals surface area contributed by atoms with Crippen molar-refractivity contribution in [3.63, 3.8) is 0 Å². The van der Waals surface area contributed by atoms with Crippen LogP contribution < -0.4 is 14.2 Å². The molecule has 0 saturated carbocycles. The maximum Gasteiger partial charge on any atom is 0.231 e. The van der Waals surface area contributed by atoms with Gasteiger partial charge < -0.3 is 14.2 Å². The van der Waals surface area contributed by atoms with Crippen LogP contribution in [-0.2, 0) is 6.42 Å². The lowest BCUT2D eigenvalue weighted by atomic mass is 10.1. The molecule has 14 heavy (non-hydrogen) atoms. The lowest BCUT2D eigenvalue weighted by molar-refractivity contribution is 0.171. The molecule has 1 heterocycles. The van der Waals surface area contributed by atoms with E-state index in [4.69, 9.17) is 14.2 Å². The summed E-state index contributed by atoms with van der Waals surface area (Å²) in [5.41, 5.74) is 1.18. The lowest BCUT2D eigenvalue weighted by Gasteiger charge is -2.06. The summed E-state index contributed by atoms with van der Waals surface area (Å²) in [5, 5.41) is 0.926. The van der Waals surface area contributed by atoms with Crippen LogP contribution >= 0.6 is 15.9 Å². The number of benzene rings is 1. The van der Waals surface area contributed by atoms with Gasteiger partial charge >= 0.3 is 0 Å². The Morgan fingerprint density at radius 1 is 1.43 bits per heavy atom. The molecule has 1 aliphatic heterocycles. The summed E-state index contributed by atoms with van der Waals surface area (Å²) in [4.78, 5) is 0. The maximum absolute atomic E-state index is 5.31. The summed E-state index contributed by atoms with van der Waals surface area (Å²) in [6.45, 7) is 0.281. The van der Waals surface area contributed by atoms with Gasteiger partial charge in [-0.3, -0.25) is 0 Å². The third-order valence-electron chi connectivity index (χ3n) is 2.10. The highest BCUT2D eigenvalue weighted by atomic mass is 79.9. The fraction of sp³-hybridized carbons (Fsp3) is 0.400. The van der Waals surface area contributed by atoms with Crippen LogP contribution in [0.4, 0.5) is 0 Å². The largest absolute Gasteiger partial charge is 0.493 e. The van der Waals surface area contributed by atoms with E-state index in [2.05, 4.69) is 15.9 Å². The monoisotopic (exact) mass is 258 g/mol. The Hall–Kier alpha value is -0.900. The zero-order valence-corrected chi connectivity index (χ0v) is 9.46. The van der Waals surface area contributed by atoms with Crippen molar-refractivity contribution in [1.82, 2.24) is 0 Å². The topological polar surface area (TPSA) is 27.7 Å². The molecule has 0 saturated heterocycles. The second kappa shape index (κ2) is 4.09. The molecule has 0 spiro atoms. The molecule has 4 heteroatoms. The minimum Gasteiger partial charge on any atom is -0.493 e. The molecule has 0 N–H and O–H groups in total. The normalized spacial score (nSPS) is 13.0. The van der Waals surface area contributed by atoms with Crippen LogP contribution in [0, 0.1) is 0 Å². The van der Waals surface area contributed by atoms with Gasteiger partial charge in [-0.25, -0.2) is 0 Å². The molecule has 1 aliphatic rings. The quantitative estimate of drug-likeness (QED) is 0.780. The standard InChI is InChI=1S/C10H11BrO3/c1-12-8-4-7(2-3-11)5-9-10(8)14-6-13-9/h4-5H,2-3,6H2,1H3. The molecule has 1 aromatic carbocycles. The van der Waals surface area contributed by atoms with Crippen LogP contribution in [0.5, 0.6) is 17.2 Å². The highest BCUT2D eigenvalue weighted by Crippen LogP contribution is 2.41. The SMILES string of the molecule is COc1cc(CCBr)cc2c1OCO2. The fourth-order valence-electron chi connectivity index (χ4n) is 1.44. The van der Waals surface area contributed by atoms with Crippen molar-refractivity contribution in [2.24, 2.45) is 0 Å². The first-order valence-electron chi connectivity index (χ1n) is 4.37. The van der Waals surface area contributed by atoms with E-state index in [0.29, 0.717) is 5.75 Å². The Morgan fingerprint density at radius 3 is 3.00 bits per heavy atom. The van der Waals surface area contributed by atoms with E-state index in [1.165, 1.54) is 5.56 Å². The molecule has 2 rings (SSSR count). The van der Waals surface area contributed by atoms with E-state index in [-0.39, 0.29) is 6.79 Å². The summed E-state index contributed by atoms with van der Waals surface area (Å²) in [7, 11) is 1.63. The van der Waals surface area contributed by atoms with Crippen LogP contribution in [0.2, 0.25) is 0 Å². The molecule has 76 valence electrons. The molecule has 0 aromatic heterocycles. The van der Waals surface area contributed by atoms with Crippen molar-refractivity contribution in [3.8, 4) is 17.2 Å². The van der Waals surface area contributed by atoms with Gasteiger partial charge in [0.1, 0.15) is 0 Å². The molecular formula is C10H11BrO3. The van der Waals surface area contributed by atoms with E-state index in [0.717, 1.165) is 23.2 Å². The van der Waals surface area contributed by atoms with Crippen LogP contribution in [0.15, 0.2) is 12.1 Å². The zero-order chi connectivity index (χ0) is 9.97. The number of alkyl halides is 1. The van der Waals surface area contributed by atoms with Gasteiger partial charge in [-0.2, -0.15) is 0 Å². The first-order chi connectivity index (χ1) is 6.85. The number of fused-ring (bicyclic) bond motifs is 1. The molecule has 3 nitrogen and oxygen atoms in total. The van der Waals surface area contributed by atoms with Crippen molar-refractivity contribution in [3.05, 3.63) is 17.7 Å². The maximum atomic E-state index is 5.31. The average Bonchev–Trinajstić information content (AvgIpc) is 2.65. The molecule has 0 atom stereocenters. The Kier molecular flexibility index (Phi) is 2.82. The van der Waals surface area contributed by atoms with Crippen molar-refractivity contribution in [2.45, 2.75) is 6.42 Å². The summed E-state index contributed by atoms with van der Waals surface area (Å²) < 4.78 is 15.8. The molecule has 1 aromatic rings. The van der Waals surface area contributed by atoms with Gasteiger partial charge in [-0.05, 0) is 24.1 Å². The van der Waals surface area contributed by atoms with Crippen molar-refractivity contribution >= 4 is 15.9 Å². The van der Waals surface area contributed by atoms with Crippen LogP contribution in [0.25, 0.3) is 0 Å². The Labute approximate surface area is 91.1 Å². The van der Waals surface area contributed by atoms with Gasteiger partial charge in [0.05, 0.1) is 7.11 Å². The molecule has 0 bridgehead atoms. The highest BCUT2D eigenvalue weighted by Gasteiger charge is 2.19. The number of hydrogen-bond donors (Lipinski definition) is 0. The van der Waals surface area contributed by atoms with Gasteiger partial charge in [0, 0.05) is 5.33 Å². The Balaban J connectivity index is 2.39. The number of aryl methyl sites for hydroxylation is 1. The van der Waals surface area contributed by atoms with Gasteiger partial charge in [0.25, 0.3) is 0 Å². The first-order valence-corrected chi connectivity index (χ1v) is 5.49. The molecule has 0 fully saturated rings. The smallest absolute Gasteiger partial charge is 0.231 e. The molecular weight excluding hydrogens is 248 g/mol. The second-order valence-electron chi connectivity index (χ2n) is 2.97.